The van der Waals surface area contributed by atoms with Crippen LogP contribution in [0.3, 0.4) is 0 Å². The fourth-order valence-electron chi connectivity index (χ4n) is 2.68. The van der Waals surface area contributed by atoms with Gasteiger partial charge in [-0.1, -0.05) is 40.6 Å². The average molecular weight is 463 g/mol. The molecule has 4 nitrogen and oxygen atoms in total. The van der Waals surface area contributed by atoms with E-state index in [0.717, 1.165) is 15.8 Å². The highest BCUT2D eigenvalue weighted by Gasteiger charge is 2.26. The molecule has 1 aromatic heterocycles. The third-order valence-corrected chi connectivity index (χ3v) is 5.62. The largest absolute Gasteiger partial charge is 0.308 e. The molecule has 3 rings (SSSR count). The van der Waals surface area contributed by atoms with Crippen molar-refractivity contribution in [1.82, 2.24) is 9.88 Å². The zero-order chi connectivity index (χ0) is 19.7. The summed E-state index contributed by atoms with van der Waals surface area (Å²) in [5.74, 6) is -1.16. The molecule has 0 saturated heterocycles. The summed E-state index contributed by atoms with van der Waals surface area (Å²) in [5, 5.41) is 1.18. The van der Waals surface area contributed by atoms with E-state index in [9.17, 15) is 9.18 Å². The van der Waals surface area contributed by atoms with E-state index in [2.05, 4.69) is 4.98 Å². The van der Waals surface area contributed by atoms with Crippen LogP contribution in [0.1, 0.15) is 15.9 Å². The fourth-order valence-corrected chi connectivity index (χ4v) is 4.37. The first kappa shape index (κ1) is 22.8. The van der Waals surface area contributed by atoms with Gasteiger partial charge < -0.3 is 4.90 Å². The van der Waals surface area contributed by atoms with Crippen molar-refractivity contribution < 1.29 is 9.18 Å². The number of benzene rings is 2. The van der Waals surface area contributed by atoms with Crippen molar-refractivity contribution in [3.8, 4) is 0 Å². The Balaban J connectivity index is 0.00000280. The first-order chi connectivity index (χ1) is 12.8. The van der Waals surface area contributed by atoms with Gasteiger partial charge in [-0.25, -0.2) is 9.37 Å². The number of nitrogens with zero attached hydrogens (tertiary/aromatic N) is 3. The highest BCUT2D eigenvalue weighted by Crippen LogP contribution is 2.34. The SMILES string of the molecule is Cc1cc(Cl)cc2sc(N(CCN(C)C)C(=O)c3c(F)cccc3Cl)nc12.Cl. The van der Waals surface area contributed by atoms with E-state index < -0.39 is 11.7 Å². The second-order valence-electron chi connectivity index (χ2n) is 6.42. The number of amides is 1. The van der Waals surface area contributed by atoms with Crippen molar-refractivity contribution >= 4 is 68.2 Å². The molecule has 1 amide bonds. The van der Waals surface area contributed by atoms with E-state index in [1.54, 1.807) is 0 Å². The number of fused-ring (bicyclic) bond motifs is 1. The Morgan fingerprint density at radius 2 is 1.93 bits per heavy atom. The quantitative estimate of drug-likeness (QED) is 0.489. The molecule has 28 heavy (non-hydrogen) atoms. The first-order valence-electron chi connectivity index (χ1n) is 8.25. The van der Waals surface area contributed by atoms with Crippen molar-refractivity contribution in [2.75, 3.05) is 32.1 Å². The summed E-state index contributed by atoms with van der Waals surface area (Å²) in [7, 11) is 3.81. The molecule has 0 radical (unpaired) electrons. The van der Waals surface area contributed by atoms with Gasteiger partial charge in [0.05, 0.1) is 20.8 Å². The predicted octanol–water partition coefficient (Wildman–Crippen LogP) is 5.68. The molecule has 0 unspecified atom stereocenters. The third kappa shape index (κ3) is 4.75. The average Bonchev–Trinajstić information content (AvgIpc) is 2.98. The molecule has 0 aliphatic carbocycles. The van der Waals surface area contributed by atoms with Crippen LogP contribution < -0.4 is 4.90 Å². The molecule has 0 bridgehead atoms. The lowest BCUT2D eigenvalue weighted by molar-refractivity contribution is 0.0981. The Kier molecular flexibility index (Phi) is 7.65. The normalized spacial score (nSPS) is 11.0. The second kappa shape index (κ2) is 9.37. The van der Waals surface area contributed by atoms with E-state index >= 15 is 0 Å². The Morgan fingerprint density at radius 1 is 1.21 bits per heavy atom. The van der Waals surface area contributed by atoms with Gasteiger partial charge in [-0.3, -0.25) is 9.69 Å². The monoisotopic (exact) mass is 461 g/mol. The van der Waals surface area contributed by atoms with Gasteiger partial charge >= 0.3 is 0 Å². The van der Waals surface area contributed by atoms with Crippen molar-refractivity contribution in [2.45, 2.75) is 6.92 Å². The molecule has 1 heterocycles. The number of aryl methyl sites for hydroxylation is 1. The number of likely N-dealkylation sites (N-methyl/N-ethyl adjacent to an activating group) is 1. The van der Waals surface area contributed by atoms with E-state index in [-0.39, 0.29) is 23.0 Å². The number of carbonyl (C=O) groups is 1. The van der Waals surface area contributed by atoms with Crippen LogP contribution in [0.4, 0.5) is 9.52 Å². The molecule has 150 valence electrons. The summed E-state index contributed by atoms with van der Waals surface area (Å²) in [6.07, 6.45) is 0. The summed E-state index contributed by atoms with van der Waals surface area (Å²) in [6.45, 7) is 2.86. The van der Waals surface area contributed by atoms with Crippen molar-refractivity contribution in [2.24, 2.45) is 0 Å². The summed E-state index contributed by atoms with van der Waals surface area (Å²) in [4.78, 5) is 21.2. The van der Waals surface area contributed by atoms with E-state index in [4.69, 9.17) is 23.2 Å². The molecule has 0 aliphatic rings. The Labute approximate surface area is 183 Å². The molecule has 0 saturated carbocycles. The van der Waals surface area contributed by atoms with E-state index in [1.807, 2.05) is 38.1 Å². The number of carbonyl (C=O) groups excluding carboxylic acids is 1. The minimum absolute atomic E-state index is 0. The summed E-state index contributed by atoms with van der Waals surface area (Å²) < 4.78 is 15.2. The molecule has 0 aliphatic heterocycles. The number of rotatable bonds is 5. The van der Waals surface area contributed by atoms with Crippen LogP contribution in [-0.2, 0) is 0 Å². The van der Waals surface area contributed by atoms with Crippen molar-refractivity contribution in [3.63, 3.8) is 0 Å². The number of thiazole rings is 1. The number of aromatic nitrogens is 1. The minimum Gasteiger partial charge on any atom is -0.308 e. The van der Waals surface area contributed by atoms with Gasteiger partial charge in [0.1, 0.15) is 5.82 Å². The molecule has 2 aromatic carbocycles. The van der Waals surface area contributed by atoms with E-state index in [0.29, 0.717) is 23.2 Å². The lowest BCUT2D eigenvalue weighted by Crippen LogP contribution is -2.37. The molecule has 9 heteroatoms. The van der Waals surface area contributed by atoms with Crippen molar-refractivity contribution in [3.05, 3.63) is 57.3 Å². The maximum Gasteiger partial charge on any atom is 0.264 e. The molecular weight excluding hydrogens is 444 g/mol. The molecule has 0 fully saturated rings. The summed E-state index contributed by atoms with van der Waals surface area (Å²) in [6, 6.07) is 7.85. The summed E-state index contributed by atoms with van der Waals surface area (Å²) >= 11 is 13.6. The van der Waals surface area contributed by atoms with Crippen LogP contribution in [0.25, 0.3) is 10.2 Å². The lowest BCUT2D eigenvalue weighted by Gasteiger charge is -2.22. The molecule has 3 aromatic rings. The first-order valence-corrected chi connectivity index (χ1v) is 9.82. The number of anilines is 1. The highest BCUT2D eigenvalue weighted by atomic mass is 35.5. The van der Waals surface area contributed by atoms with Gasteiger partial charge in [0, 0.05) is 18.1 Å². The topological polar surface area (TPSA) is 36.4 Å². The Morgan fingerprint density at radius 3 is 2.57 bits per heavy atom. The van der Waals surface area contributed by atoms with Crippen LogP contribution >= 0.6 is 46.9 Å². The van der Waals surface area contributed by atoms with Gasteiger partial charge in [0.2, 0.25) is 0 Å². The zero-order valence-corrected chi connectivity index (χ0v) is 18.6. The lowest BCUT2D eigenvalue weighted by atomic mass is 10.2. The Hall–Kier alpha value is -1.44. The maximum atomic E-state index is 14.3. The van der Waals surface area contributed by atoms with Gasteiger partial charge in [-0.15, -0.1) is 12.4 Å². The molecule has 0 spiro atoms. The van der Waals surface area contributed by atoms with Gasteiger partial charge in [-0.05, 0) is 50.8 Å². The predicted molar refractivity (Wildman–Crippen MR) is 118 cm³/mol. The van der Waals surface area contributed by atoms with Crippen molar-refractivity contribution in [1.29, 1.82) is 0 Å². The smallest absolute Gasteiger partial charge is 0.264 e. The van der Waals surface area contributed by atoms with Gasteiger partial charge in [0.25, 0.3) is 5.91 Å². The highest BCUT2D eigenvalue weighted by molar-refractivity contribution is 7.22. The van der Waals surface area contributed by atoms with Crippen LogP contribution in [0.15, 0.2) is 30.3 Å². The molecular formula is C19H19Cl3FN3OS. The minimum atomic E-state index is -0.650. The van der Waals surface area contributed by atoms with Crippen LogP contribution in [0.2, 0.25) is 10.0 Å². The van der Waals surface area contributed by atoms with Crippen LogP contribution in [0, 0.1) is 12.7 Å². The van der Waals surface area contributed by atoms with Crippen LogP contribution in [-0.4, -0.2) is 43.0 Å². The Bertz CT molecular complexity index is 989. The number of hydrogen-bond acceptors (Lipinski definition) is 4. The van der Waals surface area contributed by atoms with Gasteiger partial charge in [-0.2, -0.15) is 0 Å². The third-order valence-electron chi connectivity index (χ3n) is 4.06. The zero-order valence-electron chi connectivity index (χ0n) is 15.5. The standard InChI is InChI=1S/C19H18Cl2FN3OS.ClH/c1-11-9-12(20)10-15-17(11)23-19(27-15)25(8-7-24(2)3)18(26)16-13(21)5-4-6-14(16)22;/h4-6,9-10H,7-8H2,1-3H3;1H. The maximum absolute atomic E-state index is 14.3. The fraction of sp³-hybridized carbons (Fsp3) is 0.263. The second-order valence-corrected chi connectivity index (χ2v) is 8.28. The number of hydrogen-bond donors (Lipinski definition) is 0. The number of halogens is 4. The van der Waals surface area contributed by atoms with Gasteiger partial charge in [0.15, 0.2) is 5.13 Å². The summed E-state index contributed by atoms with van der Waals surface area (Å²) in [5.41, 5.74) is 1.55. The van der Waals surface area contributed by atoms with E-state index in [1.165, 1.54) is 34.4 Å². The van der Waals surface area contributed by atoms with Crippen LogP contribution in [0.5, 0.6) is 0 Å². The molecule has 0 N–H and O–H groups in total. The molecule has 0 atom stereocenters.